The van der Waals surface area contributed by atoms with Crippen LogP contribution in [0.15, 0.2) is 6.20 Å². The van der Waals surface area contributed by atoms with E-state index in [-0.39, 0.29) is 11.8 Å². The van der Waals surface area contributed by atoms with E-state index in [0.29, 0.717) is 23.9 Å². The lowest BCUT2D eigenvalue weighted by atomic mass is 10.2. The van der Waals surface area contributed by atoms with Crippen molar-refractivity contribution in [2.75, 3.05) is 13.7 Å². The highest BCUT2D eigenvalue weighted by Crippen LogP contribution is 2.23. The van der Waals surface area contributed by atoms with Gasteiger partial charge in [0.2, 0.25) is 0 Å². The smallest absolute Gasteiger partial charge is 0.185 e. The highest BCUT2D eigenvalue weighted by atomic mass is 16.5. The van der Waals surface area contributed by atoms with E-state index >= 15 is 0 Å². The monoisotopic (exact) mass is 251 g/mol. The predicted molar refractivity (Wildman–Crippen MR) is 69.1 cm³/mol. The van der Waals surface area contributed by atoms with Crippen LogP contribution in [0.2, 0.25) is 0 Å². The number of hydrogen-bond donors (Lipinski definition) is 1. The van der Waals surface area contributed by atoms with Gasteiger partial charge in [-0.25, -0.2) is 0 Å². The Bertz CT molecular complexity index is 422. The van der Waals surface area contributed by atoms with Crippen molar-refractivity contribution in [3.8, 4) is 5.75 Å². The summed E-state index contributed by atoms with van der Waals surface area (Å²) in [5, 5.41) is 7.56. The molecule has 0 bridgehead atoms. The van der Waals surface area contributed by atoms with Crippen molar-refractivity contribution in [2.45, 2.75) is 45.2 Å². The molecule has 1 aliphatic carbocycles. The topological polar surface area (TPSA) is 56.2 Å². The Morgan fingerprint density at radius 2 is 2.33 bits per heavy atom. The van der Waals surface area contributed by atoms with Gasteiger partial charge in [-0.1, -0.05) is 0 Å². The van der Waals surface area contributed by atoms with Crippen LogP contribution in [-0.4, -0.2) is 35.3 Å². The van der Waals surface area contributed by atoms with Crippen LogP contribution in [0.1, 0.15) is 49.6 Å². The van der Waals surface area contributed by atoms with E-state index in [1.54, 1.807) is 18.0 Å². The number of carbonyl (C=O) groups excluding carboxylic acids is 1. The molecule has 0 unspecified atom stereocenters. The van der Waals surface area contributed by atoms with Crippen molar-refractivity contribution in [3.05, 3.63) is 11.9 Å². The molecule has 1 aromatic heterocycles. The zero-order valence-electron chi connectivity index (χ0n) is 11.3. The quantitative estimate of drug-likeness (QED) is 0.751. The summed E-state index contributed by atoms with van der Waals surface area (Å²) in [6, 6.07) is 0.791. The summed E-state index contributed by atoms with van der Waals surface area (Å²) in [6.45, 7) is 4.74. The Hall–Kier alpha value is -1.36. The van der Waals surface area contributed by atoms with Crippen LogP contribution >= 0.6 is 0 Å². The number of ketones is 1. The predicted octanol–water partition coefficient (Wildman–Crippen LogP) is 1.80. The minimum Gasteiger partial charge on any atom is -0.493 e. The first-order valence-electron chi connectivity index (χ1n) is 6.51. The van der Waals surface area contributed by atoms with Gasteiger partial charge in [0.1, 0.15) is 5.69 Å². The molecule has 1 saturated carbocycles. The molecule has 0 spiro atoms. The fourth-order valence-corrected chi connectivity index (χ4v) is 1.95. The zero-order valence-corrected chi connectivity index (χ0v) is 11.3. The van der Waals surface area contributed by atoms with Gasteiger partial charge in [0.05, 0.1) is 13.3 Å². The van der Waals surface area contributed by atoms with Gasteiger partial charge in [-0.2, -0.15) is 5.10 Å². The van der Waals surface area contributed by atoms with Gasteiger partial charge in [0.25, 0.3) is 0 Å². The third-order valence-corrected chi connectivity index (χ3v) is 3.10. The van der Waals surface area contributed by atoms with Crippen LogP contribution in [0.25, 0.3) is 0 Å². The van der Waals surface area contributed by atoms with E-state index in [9.17, 15) is 4.79 Å². The molecule has 5 heteroatoms. The number of Topliss-reactive ketones (excluding diaryl/α,β-unsaturated/α-hetero) is 1. The molecule has 1 heterocycles. The Labute approximate surface area is 108 Å². The second-order valence-corrected chi connectivity index (χ2v) is 5.00. The molecule has 2 rings (SSSR count). The van der Waals surface area contributed by atoms with Crippen LogP contribution in [0.3, 0.4) is 0 Å². The lowest BCUT2D eigenvalue weighted by Crippen LogP contribution is -2.22. The summed E-state index contributed by atoms with van der Waals surface area (Å²) in [4.78, 5) is 12.2. The number of ether oxygens (including phenoxy) is 1. The number of aromatic nitrogens is 2. The van der Waals surface area contributed by atoms with E-state index in [1.807, 2.05) is 13.8 Å². The lowest BCUT2D eigenvalue weighted by Gasteiger charge is -2.11. The van der Waals surface area contributed by atoms with Crippen LogP contribution in [0, 0.1) is 0 Å². The Morgan fingerprint density at radius 3 is 2.89 bits per heavy atom. The minimum absolute atomic E-state index is 0.0891. The van der Waals surface area contributed by atoms with Gasteiger partial charge in [0.15, 0.2) is 11.5 Å². The van der Waals surface area contributed by atoms with Crippen molar-refractivity contribution < 1.29 is 9.53 Å². The maximum atomic E-state index is 12.2. The zero-order chi connectivity index (χ0) is 13.1. The molecule has 0 aliphatic heterocycles. The molecule has 1 aromatic rings. The maximum Gasteiger partial charge on any atom is 0.185 e. The second-order valence-electron chi connectivity index (χ2n) is 5.00. The van der Waals surface area contributed by atoms with Gasteiger partial charge in [-0.15, -0.1) is 0 Å². The highest BCUT2D eigenvalue weighted by molar-refractivity contribution is 5.97. The first kappa shape index (κ1) is 13.1. The van der Waals surface area contributed by atoms with Gasteiger partial charge in [-0.3, -0.25) is 9.48 Å². The summed E-state index contributed by atoms with van der Waals surface area (Å²) in [5.74, 6) is 0.659. The molecule has 5 nitrogen and oxygen atoms in total. The number of rotatable bonds is 7. The largest absolute Gasteiger partial charge is 0.493 e. The van der Waals surface area contributed by atoms with Crippen molar-refractivity contribution >= 4 is 5.78 Å². The van der Waals surface area contributed by atoms with E-state index in [2.05, 4.69) is 10.4 Å². The van der Waals surface area contributed by atoms with Crippen molar-refractivity contribution in [1.82, 2.24) is 15.1 Å². The minimum atomic E-state index is 0.0891. The summed E-state index contributed by atoms with van der Waals surface area (Å²) in [7, 11) is 1.57. The van der Waals surface area contributed by atoms with Gasteiger partial charge in [-0.05, 0) is 26.7 Å². The van der Waals surface area contributed by atoms with Crippen LogP contribution in [0.4, 0.5) is 0 Å². The highest BCUT2D eigenvalue weighted by Gasteiger charge is 2.23. The summed E-state index contributed by atoms with van der Waals surface area (Å²) in [5.41, 5.74) is 0.588. The molecule has 1 fully saturated rings. The number of nitrogens with one attached hydrogen (secondary N) is 1. The normalized spacial score (nSPS) is 15.1. The number of methoxy groups -OCH3 is 1. The van der Waals surface area contributed by atoms with Gasteiger partial charge >= 0.3 is 0 Å². The van der Waals surface area contributed by atoms with Crippen LogP contribution in [-0.2, 0) is 0 Å². The number of hydrogen-bond acceptors (Lipinski definition) is 4. The standard InChI is InChI=1S/C13H21N3O2/c1-9(2)16-13(12(18-3)8-15-16)11(17)6-7-14-10-4-5-10/h8-10,14H,4-7H2,1-3H3. The average molecular weight is 251 g/mol. The molecule has 0 radical (unpaired) electrons. The molecule has 1 aliphatic rings. The van der Waals surface area contributed by atoms with Crippen molar-refractivity contribution in [3.63, 3.8) is 0 Å². The first-order chi connectivity index (χ1) is 8.63. The van der Waals surface area contributed by atoms with Gasteiger partial charge < -0.3 is 10.1 Å². The van der Waals surface area contributed by atoms with Crippen LogP contribution in [0.5, 0.6) is 5.75 Å². The van der Waals surface area contributed by atoms with E-state index in [1.165, 1.54) is 12.8 Å². The third-order valence-electron chi connectivity index (χ3n) is 3.10. The van der Waals surface area contributed by atoms with E-state index < -0.39 is 0 Å². The van der Waals surface area contributed by atoms with Crippen LogP contribution < -0.4 is 10.1 Å². The van der Waals surface area contributed by atoms with E-state index in [0.717, 1.165) is 6.54 Å². The molecule has 0 aromatic carbocycles. The molecule has 100 valence electrons. The summed E-state index contributed by atoms with van der Waals surface area (Å²) >= 11 is 0. The summed E-state index contributed by atoms with van der Waals surface area (Å²) in [6.07, 6.45) is 4.58. The first-order valence-corrected chi connectivity index (χ1v) is 6.51. The summed E-state index contributed by atoms with van der Waals surface area (Å²) < 4.78 is 6.95. The average Bonchev–Trinajstić information content (AvgIpc) is 3.05. The molecule has 0 amide bonds. The van der Waals surface area contributed by atoms with Gasteiger partial charge in [0, 0.05) is 25.0 Å². The Morgan fingerprint density at radius 1 is 1.61 bits per heavy atom. The van der Waals surface area contributed by atoms with Crippen molar-refractivity contribution in [1.29, 1.82) is 0 Å². The molecular weight excluding hydrogens is 230 g/mol. The molecule has 0 saturated heterocycles. The fraction of sp³-hybridized carbons (Fsp3) is 0.692. The number of nitrogens with zero attached hydrogens (tertiary/aromatic N) is 2. The van der Waals surface area contributed by atoms with Crippen molar-refractivity contribution in [2.24, 2.45) is 0 Å². The Kier molecular flexibility index (Phi) is 4.01. The fourth-order valence-electron chi connectivity index (χ4n) is 1.95. The molecule has 18 heavy (non-hydrogen) atoms. The van der Waals surface area contributed by atoms with E-state index in [4.69, 9.17) is 4.74 Å². The second kappa shape index (κ2) is 5.52. The lowest BCUT2D eigenvalue weighted by molar-refractivity contribution is 0.0967. The molecule has 1 N–H and O–H groups in total. The molecular formula is C13H21N3O2. The Balaban J connectivity index is 2.03. The maximum absolute atomic E-state index is 12.2. The third kappa shape index (κ3) is 2.90. The number of carbonyl (C=O) groups is 1. The molecule has 0 atom stereocenters. The SMILES string of the molecule is COc1cnn(C(C)C)c1C(=O)CCNC1CC1.